The van der Waals surface area contributed by atoms with Crippen molar-refractivity contribution in [1.82, 2.24) is 0 Å². The summed E-state index contributed by atoms with van der Waals surface area (Å²) >= 11 is 0. The molecule has 0 aromatic rings. The fourth-order valence-electron chi connectivity index (χ4n) is 1.02. The van der Waals surface area contributed by atoms with Gasteiger partial charge in [-0.25, -0.2) is 0 Å². The predicted octanol–water partition coefficient (Wildman–Crippen LogP) is 1.12. The van der Waals surface area contributed by atoms with E-state index in [1.54, 1.807) is 0 Å². The second-order valence-electron chi connectivity index (χ2n) is 2.77. The van der Waals surface area contributed by atoms with Gasteiger partial charge in [0.25, 0.3) is 6.47 Å². The number of unbranched alkanes of at least 4 members (excludes halogenated alkanes) is 2. The molecule has 1 rings (SSSR count). The molecule has 1 unspecified atom stereocenters. The fourth-order valence-corrected chi connectivity index (χ4v) is 1.02. The van der Waals surface area contributed by atoms with Crippen LogP contribution in [0.5, 0.6) is 0 Å². The lowest BCUT2D eigenvalue weighted by Gasteiger charge is -1.97. The van der Waals surface area contributed by atoms with Crippen LogP contribution >= 0.6 is 0 Å². The van der Waals surface area contributed by atoms with E-state index in [9.17, 15) is 4.79 Å². The van der Waals surface area contributed by atoms with Gasteiger partial charge in [0.05, 0.1) is 19.3 Å². The molecule has 0 aromatic heterocycles. The van der Waals surface area contributed by atoms with Crippen LogP contribution in [0, 0.1) is 0 Å². The first kappa shape index (κ1) is 8.53. The summed E-state index contributed by atoms with van der Waals surface area (Å²) in [5, 5.41) is 0. The molecular formula is C8H14O3. The average Bonchev–Trinajstić information content (AvgIpc) is 2.80. The zero-order chi connectivity index (χ0) is 7.94. The van der Waals surface area contributed by atoms with Crippen molar-refractivity contribution in [2.24, 2.45) is 0 Å². The minimum atomic E-state index is 0.504. The standard InChI is InChI=1S/C8H14O3/c9-7-10-5-3-1-2-4-8-6-11-8/h7-8H,1-6H2. The first-order chi connectivity index (χ1) is 5.43. The van der Waals surface area contributed by atoms with Gasteiger partial charge in [-0.2, -0.15) is 0 Å². The number of carbonyl (C=O) groups is 1. The molecule has 1 fully saturated rings. The van der Waals surface area contributed by atoms with Crippen molar-refractivity contribution in [3.05, 3.63) is 0 Å². The molecule has 3 nitrogen and oxygen atoms in total. The highest BCUT2D eigenvalue weighted by atomic mass is 16.6. The molecular weight excluding hydrogens is 144 g/mol. The Morgan fingerprint density at radius 1 is 1.45 bits per heavy atom. The minimum Gasteiger partial charge on any atom is -0.468 e. The Balaban J connectivity index is 1.69. The lowest BCUT2D eigenvalue weighted by molar-refractivity contribution is -0.128. The Morgan fingerprint density at radius 3 is 2.91 bits per heavy atom. The molecule has 0 amide bonds. The smallest absolute Gasteiger partial charge is 0.293 e. The van der Waals surface area contributed by atoms with E-state index in [4.69, 9.17) is 4.74 Å². The molecule has 0 spiro atoms. The van der Waals surface area contributed by atoms with Gasteiger partial charge in [-0.3, -0.25) is 4.79 Å². The Labute approximate surface area is 66.7 Å². The molecule has 1 heterocycles. The third-order valence-corrected chi connectivity index (χ3v) is 1.76. The molecule has 3 heteroatoms. The highest BCUT2D eigenvalue weighted by Gasteiger charge is 2.20. The maximum atomic E-state index is 9.71. The van der Waals surface area contributed by atoms with Gasteiger partial charge in [0.2, 0.25) is 0 Å². The van der Waals surface area contributed by atoms with Crippen molar-refractivity contribution in [3.63, 3.8) is 0 Å². The Kier molecular flexibility index (Phi) is 3.98. The summed E-state index contributed by atoms with van der Waals surface area (Å²) in [4.78, 5) is 9.71. The van der Waals surface area contributed by atoms with Crippen molar-refractivity contribution in [2.75, 3.05) is 13.2 Å². The largest absolute Gasteiger partial charge is 0.468 e. The van der Waals surface area contributed by atoms with Gasteiger partial charge < -0.3 is 9.47 Å². The van der Waals surface area contributed by atoms with E-state index in [0.29, 0.717) is 19.2 Å². The number of ether oxygens (including phenoxy) is 2. The first-order valence-corrected chi connectivity index (χ1v) is 4.10. The average molecular weight is 158 g/mol. The molecule has 0 saturated carbocycles. The van der Waals surface area contributed by atoms with Crippen molar-refractivity contribution in [3.8, 4) is 0 Å². The van der Waals surface area contributed by atoms with Crippen LogP contribution in [0.2, 0.25) is 0 Å². The maximum Gasteiger partial charge on any atom is 0.293 e. The maximum absolute atomic E-state index is 9.71. The lowest BCUT2D eigenvalue weighted by Crippen LogP contribution is -1.92. The molecule has 1 atom stereocenters. The molecule has 0 radical (unpaired) electrons. The molecule has 11 heavy (non-hydrogen) atoms. The first-order valence-electron chi connectivity index (χ1n) is 4.10. The highest BCUT2D eigenvalue weighted by Crippen LogP contribution is 2.16. The van der Waals surface area contributed by atoms with Gasteiger partial charge in [0.15, 0.2) is 0 Å². The number of rotatable bonds is 7. The molecule has 0 N–H and O–H groups in total. The Bertz CT molecular complexity index is 110. The monoisotopic (exact) mass is 158 g/mol. The van der Waals surface area contributed by atoms with Gasteiger partial charge in [0, 0.05) is 0 Å². The Hall–Kier alpha value is -0.570. The topological polar surface area (TPSA) is 38.8 Å². The van der Waals surface area contributed by atoms with E-state index in [2.05, 4.69) is 4.74 Å². The number of carbonyl (C=O) groups excluding carboxylic acids is 1. The molecule has 0 aromatic carbocycles. The molecule has 1 saturated heterocycles. The van der Waals surface area contributed by atoms with Gasteiger partial charge in [-0.15, -0.1) is 0 Å². The summed E-state index contributed by atoms with van der Waals surface area (Å²) < 4.78 is 9.59. The van der Waals surface area contributed by atoms with E-state index in [1.165, 1.54) is 12.8 Å². The molecule has 1 aliphatic rings. The van der Waals surface area contributed by atoms with E-state index in [-0.39, 0.29) is 0 Å². The number of hydrogen-bond donors (Lipinski definition) is 0. The van der Waals surface area contributed by atoms with Gasteiger partial charge in [-0.1, -0.05) is 6.42 Å². The normalized spacial score (nSPS) is 21.3. The summed E-state index contributed by atoms with van der Waals surface area (Å²) in [7, 11) is 0. The third-order valence-electron chi connectivity index (χ3n) is 1.76. The highest BCUT2D eigenvalue weighted by molar-refractivity contribution is 5.36. The quantitative estimate of drug-likeness (QED) is 0.316. The van der Waals surface area contributed by atoms with Crippen molar-refractivity contribution in [1.29, 1.82) is 0 Å². The van der Waals surface area contributed by atoms with E-state index in [0.717, 1.165) is 19.4 Å². The Morgan fingerprint density at radius 2 is 2.27 bits per heavy atom. The summed E-state index contributed by atoms with van der Waals surface area (Å²) in [6.45, 7) is 2.02. The van der Waals surface area contributed by atoms with Crippen LogP contribution in [0.1, 0.15) is 25.7 Å². The van der Waals surface area contributed by atoms with Gasteiger partial charge in [-0.05, 0) is 19.3 Å². The second-order valence-corrected chi connectivity index (χ2v) is 2.77. The van der Waals surface area contributed by atoms with Crippen LogP contribution in [-0.2, 0) is 14.3 Å². The van der Waals surface area contributed by atoms with E-state index >= 15 is 0 Å². The van der Waals surface area contributed by atoms with E-state index in [1.807, 2.05) is 0 Å². The van der Waals surface area contributed by atoms with Crippen molar-refractivity contribution in [2.45, 2.75) is 31.8 Å². The second kappa shape index (κ2) is 5.13. The van der Waals surface area contributed by atoms with Crippen LogP contribution in [-0.4, -0.2) is 25.8 Å². The molecule has 0 bridgehead atoms. The molecule has 1 aliphatic heterocycles. The van der Waals surface area contributed by atoms with Crippen LogP contribution in [0.3, 0.4) is 0 Å². The summed E-state index contributed by atoms with van der Waals surface area (Å²) in [5.41, 5.74) is 0. The fraction of sp³-hybridized carbons (Fsp3) is 0.875. The van der Waals surface area contributed by atoms with Crippen LogP contribution in [0.4, 0.5) is 0 Å². The SMILES string of the molecule is O=COCCCCCC1CO1. The van der Waals surface area contributed by atoms with Crippen molar-refractivity contribution < 1.29 is 14.3 Å². The number of epoxide rings is 1. The molecule has 64 valence electrons. The number of hydrogen-bond acceptors (Lipinski definition) is 3. The third kappa shape index (κ3) is 4.79. The summed E-state index contributed by atoms with van der Waals surface area (Å²) in [6.07, 6.45) is 5.01. The predicted molar refractivity (Wildman–Crippen MR) is 40.2 cm³/mol. The summed E-state index contributed by atoms with van der Waals surface area (Å²) in [6, 6.07) is 0. The molecule has 0 aliphatic carbocycles. The minimum absolute atomic E-state index is 0.504. The van der Waals surface area contributed by atoms with Crippen LogP contribution in [0.15, 0.2) is 0 Å². The zero-order valence-electron chi connectivity index (χ0n) is 6.62. The zero-order valence-corrected chi connectivity index (χ0v) is 6.62. The van der Waals surface area contributed by atoms with Gasteiger partial charge >= 0.3 is 0 Å². The van der Waals surface area contributed by atoms with Gasteiger partial charge in [0.1, 0.15) is 0 Å². The van der Waals surface area contributed by atoms with Crippen LogP contribution < -0.4 is 0 Å². The van der Waals surface area contributed by atoms with Crippen molar-refractivity contribution >= 4 is 6.47 Å². The van der Waals surface area contributed by atoms with Crippen LogP contribution in [0.25, 0.3) is 0 Å². The summed E-state index contributed by atoms with van der Waals surface area (Å²) in [5.74, 6) is 0. The van der Waals surface area contributed by atoms with E-state index < -0.39 is 0 Å². The lowest BCUT2D eigenvalue weighted by atomic mass is 10.2.